The Labute approximate surface area is 116 Å². The van der Waals surface area contributed by atoms with Gasteiger partial charge in [-0.3, -0.25) is 14.9 Å². The molecule has 1 aromatic heterocycles. The predicted octanol–water partition coefficient (Wildman–Crippen LogP) is 2.07. The van der Waals surface area contributed by atoms with Gasteiger partial charge in [-0.05, 0) is 20.5 Å². The molecule has 0 saturated carbocycles. The molecule has 0 aromatic carbocycles. The van der Waals surface area contributed by atoms with Crippen molar-refractivity contribution in [3.05, 3.63) is 27.1 Å². The fourth-order valence-electron chi connectivity index (χ4n) is 1.62. The first kappa shape index (κ1) is 15.6. The lowest BCUT2D eigenvalue weighted by molar-refractivity contribution is -0.380. The summed E-state index contributed by atoms with van der Waals surface area (Å²) in [5, 5.41) is 12.2. The highest BCUT2D eigenvalue weighted by Crippen LogP contribution is 2.23. The number of hydrogen-bond donors (Lipinski definition) is 0. The van der Waals surface area contributed by atoms with Crippen molar-refractivity contribution in [3.8, 4) is 0 Å². The zero-order chi connectivity index (χ0) is 14.4. The average molecular weight is 285 g/mol. The first-order chi connectivity index (χ1) is 8.95. The van der Waals surface area contributed by atoms with Crippen LogP contribution in [0.3, 0.4) is 0 Å². The molecule has 0 bridgehead atoms. The van der Waals surface area contributed by atoms with Crippen LogP contribution in [0.25, 0.3) is 0 Å². The number of rotatable bonds is 7. The van der Waals surface area contributed by atoms with Gasteiger partial charge in [-0.15, -0.1) is 0 Å². The first-order valence-electron chi connectivity index (χ1n) is 6.12. The zero-order valence-corrected chi connectivity index (χ0v) is 12.3. The van der Waals surface area contributed by atoms with E-state index in [-0.39, 0.29) is 10.9 Å². The van der Waals surface area contributed by atoms with Crippen LogP contribution in [-0.4, -0.2) is 54.4 Å². The maximum Gasteiger partial charge on any atom is 0.324 e. The number of nitro groups is 1. The number of thiophene rings is 1. The molecule has 0 unspecified atom stereocenters. The van der Waals surface area contributed by atoms with Crippen molar-refractivity contribution in [1.82, 2.24) is 9.80 Å². The highest BCUT2D eigenvalue weighted by atomic mass is 32.1. The largest absolute Gasteiger partial charge is 0.337 e. The molecule has 7 heteroatoms. The van der Waals surface area contributed by atoms with E-state index in [1.54, 1.807) is 10.3 Å². The van der Waals surface area contributed by atoms with E-state index in [4.69, 9.17) is 0 Å². The Morgan fingerprint density at radius 2 is 2.05 bits per heavy atom. The highest BCUT2D eigenvalue weighted by molar-refractivity contribution is 7.13. The van der Waals surface area contributed by atoms with Gasteiger partial charge in [-0.2, -0.15) is 0 Å². The van der Waals surface area contributed by atoms with Crippen molar-refractivity contribution in [1.29, 1.82) is 0 Å². The first-order valence-corrected chi connectivity index (χ1v) is 7.00. The molecule has 0 radical (unpaired) electrons. The molecule has 0 N–H and O–H groups in total. The summed E-state index contributed by atoms with van der Waals surface area (Å²) < 4.78 is 0. The van der Waals surface area contributed by atoms with E-state index in [1.807, 2.05) is 25.9 Å². The molecule has 0 aliphatic heterocycles. The summed E-state index contributed by atoms with van der Waals surface area (Å²) in [5.41, 5.74) is 0.406. The van der Waals surface area contributed by atoms with Crippen LogP contribution in [0.15, 0.2) is 11.4 Å². The van der Waals surface area contributed by atoms with Crippen molar-refractivity contribution in [2.45, 2.75) is 13.3 Å². The minimum Gasteiger partial charge on any atom is -0.337 e. The number of likely N-dealkylation sites (N-methyl/N-ethyl adjacent to an activating group) is 1. The van der Waals surface area contributed by atoms with Gasteiger partial charge in [0.15, 0.2) is 0 Å². The summed E-state index contributed by atoms with van der Waals surface area (Å²) in [5.74, 6) is -0.131. The second-order valence-corrected chi connectivity index (χ2v) is 5.42. The van der Waals surface area contributed by atoms with Crippen molar-refractivity contribution in [2.24, 2.45) is 0 Å². The fourth-order valence-corrected chi connectivity index (χ4v) is 2.32. The molecule has 0 spiro atoms. The van der Waals surface area contributed by atoms with Gasteiger partial charge >= 0.3 is 5.00 Å². The summed E-state index contributed by atoms with van der Waals surface area (Å²) in [7, 11) is 3.90. The lowest BCUT2D eigenvalue weighted by atomic mass is 10.2. The van der Waals surface area contributed by atoms with Crippen LogP contribution < -0.4 is 0 Å². The number of carbonyl (C=O) groups excluding carboxylic acids is 1. The van der Waals surface area contributed by atoms with Crippen molar-refractivity contribution in [2.75, 3.05) is 33.7 Å². The average Bonchev–Trinajstić information content (AvgIpc) is 2.83. The van der Waals surface area contributed by atoms with Crippen molar-refractivity contribution in [3.63, 3.8) is 0 Å². The monoisotopic (exact) mass is 285 g/mol. The summed E-state index contributed by atoms with van der Waals surface area (Å²) in [6.07, 6.45) is 0.866. The maximum atomic E-state index is 12.3. The smallest absolute Gasteiger partial charge is 0.324 e. The van der Waals surface area contributed by atoms with Gasteiger partial charge in [0, 0.05) is 31.1 Å². The van der Waals surface area contributed by atoms with Gasteiger partial charge in [0.25, 0.3) is 5.91 Å². The van der Waals surface area contributed by atoms with Crippen LogP contribution in [0.5, 0.6) is 0 Å². The molecule has 0 aliphatic rings. The van der Waals surface area contributed by atoms with Gasteiger partial charge in [-0.1, -0.05) is 18.3 Å². The fraction of sp³-hybridized carbons (Fsp3) is 0.583. The highest BCUT2D eigenvalue weighted by Gasteiger charge is 2.19. The van der Waals surface area contributed by atoms with E-state index in [0.29, 0.717) is 18.7 Å². The van der Waals surface area contributed by atoms with Crippen molar-refractivity contribution >= 4 is 22.2 Å². The Hall–Kier alpha value is -1.47. The second-order valence-electron chi connectivity index (χ2n) is 4.53. The standard InChI is InChI=1S/C12H19N3O3S/c1-4-5-14(7-6-13(2)3)12(16)10-8-11(15(17)18)19-9-10/h8-9H,4-7H2,1-3H3. The molecule has 0 saturated heterocycles. The van der Waals surface area contributed by atoms with Crippen LogP contribution in [0, 0.1) is 10.1 Å². The molecular weight excluding hydrogens is 266 g/mol. The Morgan fingerprint density at radius 3 is 2.53 bits per heavy atom. The lowest BCUT2D eigenvalue weighted by Gasteiger charge is -2.23. The minimum absolute atomic E-state index is 0.00686. The molecule has 6 nitrogen and oxygen atoms in total. The summed E-state index contributed by atoms with van der Waals surface area (Å²) in [4.78, 5) is 26.2. The predicted molar refractivity (Wildman–Crippen MR) is 75.7 cm³/mol. The zero-order valence-electron chi connectivity index (χ0n) is 11.5. The Kier molecular flexibility index (Phi) is 5.91. The van der Waals surface area contributed by atoms with Crippen LogP contribution in [-0.2, 0) is 0 Å². The van der Waals surface area contributed by atoms with Gasteiger partial charge in [0.2, 0.25) is 0 Å². The van der Waals surface area contributed by atoms with E-state index in [9.17, 15) is 14.9 Å². The Morgan fingerprint density at radius 1 is 1.37 bits per heavy atom. The summed E-state index contributed by atoms with van der Waals surface area (Å²) in [6.45, 7) is 4.07. The molecular formula is C12H19N3O3S. The van der Waals surface area contributed by atoms with Gasteiger partial charge in [0.1, 0.15) is 0 Å². The maximum absolute atomic E-state index is 12.3. The summed E-state index contributed by atoms with van der Waals surface area (Å²) >= 11 is 0.989. The van der Waals surface area contributed by atoms with Crippen LogP contribution in [0.2, 0.25) is 0 Å². The topological polar surface area (TPSA) is 66.7 Å². The third-order valence-electron chi connectivity index (χ3n) is 2.61. The molecule has 19 heavy (non-hydrogen) atoms. The third-order valence-corrected chi connectivity index (χ3v) is 3.49. The van der Waals surface area contributed by atoms with Crippen LogP contribution in [0.4, 0.5) is 5.00 Å². The van der Waals surface area contributed by atoms with Gasteiger partial charge < -0.3 is 9.80 Å². The number of hydrogen-bond acceptors (Lipinski definition) is 5. The van der Waals surface area contributed by atoms with E-state index < -0.39 is 4.92 Å². The number of carbonyl (C=O) groups is 1. The molecule has 1 amide bonds. The van der Waals surface area contributed by atoms with E-state index in [2.05, 4.69) is 0 Å². The van der Waals surface area contributed by atoms with Crippen LogP contribution >= 0.6 is 11.3 Å². The normalized spacial score (nSPS) is 10.7. The van der Waals surface area contributed by atoms with Crippen LogP contribution in [0.1, 0.15) is 23.7 Å². The lowest BCUT2D eigenvalue weighted by Crippen LogP contribution is -2.37. The molecule has 1 heterocycles. The minimum atomic E-state index is -0.467. The number of amides is 1. The molecule has 106 valence electrons. The molecule has 1 rings (SSSR count). The molecule has 1 aromatic rings. The van der Waals surface area contributed by atoms with E-state index >= 15 is 0 Å². The Balaban J connectivity index is 2.76. The van der Waals surface area contributed by atoms with Crippen molar-refractivity contribution < 1.29 is 9.72 Å². The third kappa shape index (κ3) is 4.60. The van der Waals surface area contributed by atoms with E-state index in [1.165, 1.54) is 6.07 Å². The molecule has 0 fully saturated rings. The van der Waals surface area contributed by atoms with Gasteiger partial charge in [-0.25, -0.2) is 0 Å². The quantitative estimate of drug-likeness (QED) is 0.568. The van der Waals surface area contributed by atoms with E-state index in [0.717, 1.165) is 24.3 Å². The molecule has 0 atom stereocenters. The Bertz CT molecular complexity index is 445. The second kappa shape index (κ2) is 7.20. The number of nitrogens with zero attached hydrogens (tertiary/aromatic N) is 3. The SMILES string of the molecule is CCCN(CCN(C)C)C(=O)c1csc([N+](=O)[O-])c1. The van der Waals surface area contributed by atoms with Gasteiger partial charge in [0.05, 0.1) is 10.5 Å². The molecule has 0 aliphatic carbocycles. The summed E-state index contributed by atoms with van der Waals surface area (Å²) in [6, 6.07) is 1.35.